The Morgan fingerprint density at radius 2 is 1.97 bits per heavy atom. The normalized spacial score (nSPS) is 24.0. The third-order valence-electron chi connectivity index (χ3n) is 6.00. The van der Waals surface area contributed by atoms with Crippen LogP contribution in [0.2, 0.25) is 0 Å². The number of amides is 1. The molecule has 3 heterocycles. The molecule has 0 aromatic heterocycles. The van der Waals surface area contributed by atoms with Crippen LogP contribution in [0.4, 0.5) is 18.9 Å². The average Bonchev–Trinajstić information content (AvgIpc) is 3.48. The molecule has 3 aliphatic rings. The van der Waals surface area contributed by atoms with E-state index in [-0.39, 0.29) is 23.7 Å². The highest BCUT2D eigenvalue weighted by molar-refractivity contribution is 6.17. The first kappa shape index (κ1) is 22.1. The Hall–Kier alpha value is -3.73. The molecule has 8 nitrogen and oxygen atoms in total. The van der Waals surface area contributed by atoms with Crippen molar-refractivity contribution in [2.45, 2.75) is 24.8 Å². The lowest BCUT2D eigenvalue weighted by Gasteiger charge is -2.29. The van der Waals surface area contributed by atoms with Gasteiger partial charge in [0.15, 0.2) is 6.17 Å². The fourth-order valence-corrected chi connectivity index (χ4v) is 4.27. The van der Waals surface area contributed by atoms with Gasteiger partial charge in [-0.15, -0.1) is 0 Å². The van der Waals surface area contributed by atoms with Gasteiger partial charge in [-0.25, -0.2) is 9.98 Å². The van der Waals surface area contributed by atoms with Gasteiger partial charge in [-0.05, 0) is 42.3 Å². The van der Waals surface area contributed by atoms with E-state index in [9.17, 15) is 18.0 Å². The fraction of sp³-hybridized carbons (Fsp3) is 0.304. The van der Waals surface area contributed by atoms with E-state index in [0.29, 0.717) is 30.4 Å². The van der Waals surface area contributed by atoms with E-state index in [4.69, 9.17) is 15.6 Å². The largest absolute Gasteiger partial charge is 0.416 e. The van der Waals surface area contributed by atoms with Crippen LogP contribution in [0.15, 0.2) is 63.6 Å². The number of carbonyl (C=O) groups is 1. The van der Waals surface area contributed by atoms with Gasteiger partial charge in [0, 0.05) is 17.9 Å². The lowest BCUT2D eigenvalue weighted by Crippen LogP contribution is -2.45. The summed E-state index contributed by atoms with van der Waals surface area (Å²) >= 11 is 0. The van der Waals surface area contributed by atoms with Gasteiger partial charge in [0.05, 0.1) is 23.9 Å². The third kappa shape index (κ3) is 4.14. The number of nitrogens with zero attached hydrogens (tertiary/aromatic N) is 4. The number of hydrogen-bond acceptors (Lipinski definition) is 7. The molecule has 3 N–H and O–H groups in total. The molecule has 0 spiro atoms. The smallest absolute Gasteiger partial charge is 0.386 e. The molecule has 0 radical (unpaired) electrons. The summed E-state index contributed by atoms with van der Waals surface area (Å²) in [5.41, 5.74) is 7.16. The number of halogens is 3. The number of fused-ring (bicyclic) bond motifs is 1. The van der Waals surface area contributed by atoms with Crippen LogP contribution in [0, 0.1) is 5.92 Å². The number of benzene rings is 2. The molecule has 3 atom stereocenters. The van der Waals surface area contributed by atoms with Crippen molar-refractivity contribution in [3.8, 4) is 0 Å². The molecule has 2 aromatic carbocycles. The lowest BCUT2D eigenvalue weighted by molar-refractivity contribution is -0.137. The Morgan fingerprint density at radius 3 is 2.68 bits per heavy atom. The van der Waals surface area contributed by atoms with Gasteiger partial charge in [-0.1, -0.05) is 18.2 Å². The van der Waals surface area contributed by atoms with Crippen LogP contribution < -0.4 is 11.1 Å². The van der Waals surface area contributed by atoms with Gasteiger partial charge in [0.25, 0.3) is 5.91 Å². The number of rotatable bonds is 4. The summed E-state index contributed by atoms with van der Waals surface area (Å²) in [5.74, 6) is -0.527. The highest BCUT2D eigenvalue weighted by atomic mass is 19.4. The maximum absolute atomic E-state index is 12.9. The number of amidine groups is 1. The zero-order valence-electron chi connectivity index (χ0n) is 17.9. The van der Waals surface area contributed by atoms with E-state index in [1.807, 2.05) is 5.01 Å². The predicted octanol–water partition coefficient (Wildman–Crippen LogP) is 3.11. The monoisotopic (exact) mass is 470 g/mol. The quantitative estimate of drug-likeness (QED) is 0.717. The number of ether oxygens (including phenoxy) is 1. The molecule has 0 aliphatic carbocycles. The molecule has 1 saturated heterocycles. The summed E-state index contributed by atoms with van der Waals surface area (Å²) in [6.45, 7) is 1.23. The van der Waals surface area contributed by atoms with E-state index in [2.05, 4.69) is 15.3 Å². The molecule has 11 heteroatoms. The summed E-state index contributed by atoms with van der Waals surface area (Å²) in [7, 11) is 0. The number of nitrogens with two attached hydrogens (primary N) is 1. The van der Waals surface area contributed by atoms with Crippen LogP contribution in [-0.2, 0) is 10.9 Å². The molecule has 1 amide bonds. The van der Waals surface area contributed by atoms with Gasteiger partial charge >= 0.3 is 6.18 Å². The Labute approximate surface area is 193 Å². The van der Waals surface area contributed by atoms with E-state index in [0.717, 1.165) is 24.1 Å². The highest BCUT2D eigenvalue weighted by Crippen LogP contribution is 2.33. The van der Waals surface area contributed by atoms with Crippen LogP contribution in [0.3, 0.4) is 0 Å². The molecule has 0 bridgehead atoms. The van der Waals surface area contributed by atoms with Crippen molar-refractivity contribution in [2.24, 2.45) is 26.7 Å². The molecular formula is C23H21F3N6O2. The molecule has 1 fully saturated rings. The molecule has 5 rings (SSSR count). The number of nitrogens with one attached hydrogen (secondary N) is 1. The Bertz CT molecular complexity index is 1190. The van der Waals surface area contributed by atoms with E-state index in [1.54, 1.807) is 24.3 Å². The summed E-state index contributed by atoms with van der Waals surface area (Å²) in [4.78, 5) is 21.1. The third-order valence-corrected chi connectivity index (χ3v) is 6.00. The first-order valence-electron chi connectivity index (χ1n) is 10.7. The minimum absolute atomic E-state index is 0.0830. The van der Waals surface area contributed by atoms with Gasteiger partial charge in [-0.2, -0.15) is 18.3 Å². The summed E-state index contributed by atoms with van der Waals surface area (Å²) in [6.07, 6.45) is -2.53. The van der Waals surface area contributed by atoms with Crippen molar-refractivity contribution >= 4 is 29.5 Å². The standard InChI is InChI=1S/C23H21F3N6O2/c24-23(25,26)15-3-1-2-14(10-15)22(33)30-16-6-4-13(5-7-16)19-18-20(27)28-12-29-21(18)32(31-19)17-8-9-34-11-17/h1-7,10,12,17-18,21H,8-9,11H2,(H,30,33)(H2,27,28,29)/t17-,18?,21?/m1/s1. The first-order valence-corrected chi connectivity index (χ1v) is 10.7. The van der Waals surface area contributed by atoms with Crippen molar-refractivity contribution in [3.05, 3.63) is 65.2 Å². The average molecular weight is 470 g/mol. The number of alkyl halides is 3. The SMILES string of the molecule is NC1=NC=NC2C1C(c1ccc(NC(=O)c3cccc(C(F)(F)F)c3)cc1)=NN2[C@@H]1CCOC1. The van der Waals surface area contributed by atoms with Crippen LogP contribution in [0.1, 0.15) is 27.9 Å². The van der Waals surface area contributed by atoms with E-state index >= 15 is 0 Å². The van der Waals surface area contributed by atoms with Crippen LogP contribution in [0.5, 0.6) is 0 Å². The minimum atomic E-state index is -4.52. The van der Waals surface area contributed by atoms with Gasteiger partial charge < -0.3 is 15.8 Å². The summed E-state index contributed by atoms with van der Waals surface area (Å²) < 4.78 is 44.3. The number of hydrogen-bond donors (Lipinski definition) is 2. The van der Waals surface area contributed by atoms with Crippen LogP contribution in [-0.4, -0.2) is 54.2 Å². The van der Waals surface area contributed by atoms with Gasteiger partial charge in [0.1, 0.15) is 18.1 Å². The second-order valence-electron chi connectivity index (χ2n) is 8.20. The van der Waals surface area contributed by atoms with Crippen LogP contribution >= 0.6 is 0 Å². The van der Waals surface area contributed by atoms with E-state index < -0.39 is 17.6 Å². The lowest BCUT2D eigenvalue weighted by atomic mass is 9.93. The molecule has 3 aliphatic heterocycles. The van der Waals surface area contributed by atoms with Crippen molar-refractivity contribution in [1.29, 1.82) is 0 Å². The molecule has 176 valence electrons. The van der Waals surface area contributed by atoms with Crippen LogP contribution in [0.25, 0.3) is 0 Å². The van der Waals surface area contributed by atoms with E-state index in [1.165, 1.54) is 18.5 Å². The van der Waals surface area contributed by atoms with Crippen molar-refractivity contribution in [1.82, 2.24) is 5.01 Å². The number of carbonyl (C=O) groups excluding carboxylic acids is 1. The molecule has 2 unspecified atom stereocenters. The van der Waals surface area contributed by atoms with Gasteiger partial charge in [0.2, 0.25) is 0 Å². The summed E-state index contributed by atoms with van der Waals surface area (Å²) in [5, 5.41) is 9.36. The minimum Gasteiger partial charge on any atom is -0.386 e. The molecular weight excluding hydrogens is 449 g/mol. The molecule has 2 aromatic rings. The predicted molar refractivity (Wildman–Crippen MR) is 121 cm³/mol. The Balaban J connectivity index is 1.35. The zero-order valence-corrected chi connectivity index (χ0v) is 17.9. The van der Waals surface area contributed by atoms with Crippen molar-refractivity contribution in [3.63, 3.8) is 0 Å². The maximum atomic E-state index is 12.9. The zero-order chi connectivity index (χ0) is 23.9. The van der Waals surface area contributed by atoms with Crippen molar-refractivity contribution < 1.29 is 22.7 Å². The topological polar surface area (TPSA) is 105 Å². The van der Waals surface area contributed by atoms with Gasteiger partial charge in [-0.3, -0.25) is 9.80 Å². The van der Waals surface area contributed by atoms with Crippen molar-refractivity contribution in [2.75, 3.05) is 18.5 Å². The summed E-state index contributed by atoms with van der Waals surface area (Å²) in [6, 6.07) is 11.3. The second kappa shape index (κ2) is 8.56. The molecule has 34 heavy (non-hydrogen) atoms. The number of aliphatic imine (C=N–C) groups is 2. The maximum Gasteiger partial charge on any atom is 0.416 e. The Morgan fingerprint density at radius 1 is 1.18 bits per heavy atom. The second-order valence-corrected chi connectivity index (χ2v) is 8.20. The highest BCUT2D eigenvalue weighted by Gasteiger charge is 2.44. The number of anilines is 1. The first-order chi connectivity index (χ1) is 16.3. The number of hydrazone groups is 1. The fourth-order valence-electron chi connectivity index (χ4n) is 4.27. The molecule has 0 saturated carbocycles. The Kier molecular flexibility index (Phi) is 5.56.